The molecule has 0 spiro atoms. The Morgan fingerprint density at radius 3 is 1.92 bits per heavy atom. The van der Waals surface area contributed by atoms with E-state index in [4.69, 9.17) is 4.74 Å². The maximum Gasteiger partial charge on any atom is 0.308 e. The van der Waals surface area contributed by atoms with E-state index in [1.54, 1.807) is 8.28 Å². The van der Waals surface area contributed by atoms with Crippen molar-refractivity contribution in [3.05, 3.63) is 46.6 Å². The van der Waals surface area contributed by atoms with Crippen LogP contribution in [0, 0.1) is 6.92 Å². The number of hydrogen-bond donors (Lipinski definition) is 1. The van der Waals surface area contributed by atoms with Crippen LogP contribution in [0.4, 0.5) is 0 Å². The van der Waals surface area contributed by atoms with Gasteiger partial charge in [0.25, 0.3) is 0 Å². The summed E-state index contributed by atoms with van der Waals surface area (Å²) in [5.41, 5.74) is 5.86. The first-order chi connectivity index (χ1) is 16.8. The maximum atomic E-state index is 14.2. The van der Waals surface area contributed by atoms with Crippen LogP contribution in [0.25, 0.3) is 11.3 Å². The van der Waals surface area contributed by atoms with Crippen molar-refractivity contribution in [2.75, 3.05) is 26.3 Å². The molecule has 0 saturated carbocycles. The molecule has 2 aromatic rings. The maximum absolute atomic E-state index is 14.2. The molecule has 1 aromatic heterocycles. The van der Waals surface area contributed by atoms with Gasteiger partial charge in [0, 0.05) is 25.3 Å². The number of aromatic nitrogens is 1. The highest BCUT2D eigenvalue weighted by molar-refractivity contribution is 7.87. The summed E-state index contributed by atoms with van der Waals surface area (Å²) in [5, 5.41) is 3.53. The molecule has 4 rings (SSSR count). The third kappa shape index (κ3) is 5.74. The van der Waals surface area contributed by atoms with E-state index in [1.165, 1.54) is 11.1 Å². The van der Waals surface area contributed by atoms with Crippen molar-refractivity contribution < 1.29 is 13.2 Å². The van der Waals surface area contributed by atoms with E-state index < -0.39 is 10.2 Å². The molecule has 2 fully saturated rings. The lowest BCUT2D eigenvalue weighted by molar-refractivity contribution is -0.00580. The molecule has 2 aliphatic rings. The van der Waals surface area contributed by atoms with Crippen molar-refractivity contribution in [1.29, 1.82) is 0 Å². The number of nitrogens with zero attached hydrogens (tertiary/aromatic N) is 2. The van der Waals surface area contributed by atoms with Crippen LogP contribution in [0.1, 0.15) is 89.6 Å². The zero-order valence-electron chi connectivity index (χ0n) is 23.3. The Bertz CT molecular complexity index is 1140. The second-order valence-electron chi connectivity index (χ2n) is 12.6. The molecule has 2 aliphatic heterocycles. The first-order valence-corrected chi connectivity index (χ1v) is 14.9. The molecular formula is C29H45N3O3S. The Balaban J connectivity index is 1.88. The second-order valence-corrected chi connectivity index (χ2v) is 14.4. The minimum atomic E-state index is -3.70. The van der Waals surface area contributed by atoms with Gasteiger partial charge in [0.05, 0.1) is 24.9 Å². The Hall–Kier alpha value is -1.67. The minimum absolute atomic E-state index is 0.0548. The Kier molecular flexibility index (Phi) is 7.78. The zero-order valence-corrected chi connectivity index (χ0v) is 24.1. The number of nitrogens with one attached hydrogen (secondary N) is 1. The van der Waals surface area contributed by atoms with Crippen LogP contribution >= 0.6 is 0 Å². The number of rotatable bonds is 6. The average molecular weight is 516 g/mol. The molecule has 36 heavy (non-hydrogen) atoms. The van der Waals surface area contributed by atoms with Gasteiger partial charge in [0.15, 0.2) is 0 Å². The van der Waals surface area contributed by atoms with Gasteiger partial charge >= 0.3 is 10.2 Å². The molecule has 0 amide bonds. The lowest BCUT2D eigenvalue weighted by Crippen LogP contribution is -2.45. The third-order valence-corrected chi connectivity index (χ3v) is 9.55. The van der Waals surface area contributed by atoms with Gasteiger partial charge in [0.2, 0.25) is 0 Å². The fourth-order valence-corrected chi connectivity index (χ4v) is 6.77. The number of ether oxygens (including phenoxy) is 1. The molecule has 0 radical (unpaired) electrons. The fraction of sp³-hybridized carbons (Fsp3) is 0.655. The second kappa shape index (κ2) is 10.2. The van der Waals surface area contributed by atoms with Crippen LogP contribution in [-0.4, -0.2) is 49.0 Å². The molecule has 3 heterocycles. The molecule has 6 nitrogen and oxygen atoms in total. The van der Waals surface area contributed by atoms with Gasteiger partial charge in [-0.25, -0.2) is 3.97 Å². The van der Waals surface area contributed by atoms with E-state index in [-0.39, 0.29) is 10.8 Å². The molecule has 7 heteroatoms. The van der Waals surface area contributed by atoms with Gasteiger partial charge in [-0.2, -0.15) is 12.7 Å². The van der Waals surface area contributed by atoms with Crippen LogP contribution in [0.15, 0.2) is 24.3 Å². The van der Waals surface area contributed by atoms with E-state index in [0.717, 1.165) is 48.2 Å². The third-order valence-electron chi connectivity index (χ3n) is 7.60. The summed E-state index contributed by atoms with van der Waals surface area (Å²) in [7, 11) is -3.70. The zero-order chi connectivity index (χ0) is 26.3. The predicted molar refractivity (Wildman–Crippen MR) is 148 cm³/mol. The highest BCUT2D eigenvalue weighted by Gasteiger charge is 2.31. The van der Waals surface area contributed by atoms with Crippen molar-refractivity contribution in [1.82, 2.24) is 13.6 Å². The van der Waals surface area contributed by atoms with Gasteiger partial charge in [-0.1, -0.05) is 60.5 Å². The highest BCUT2D eigenvalue weighted by atomic mass is 32.2. The van der Waals surface area contributed by atoms with Crippen LogP contribution < -0.4 is 5.32 Å². The lowest BCUT2D eigenvalue weighted by atomic mass is 9.79. The Morgan fingerprint density at radius 2 is 1.44 bits per heavy atom. The molecule has 1 N–H and O–H groups in total. The summed E-state index contributed by atoms with van der Waals surface area (Å²) < 4.78 is 37.0. The smallest absolute Gasteiger partial charge is 0.308 e. The van der Waals surface area contributed by atoms with Gasteiger partial charge in [-0.3, -0.25) is 0 Å². The van der Waals surface area contributed by atoms with Crippen LogP contribution in [0.2, 0.25) is 0 Å². The van der Waals surface area contributed by atoms with E-state index in [1.807, 2.05) is 6.92 Å². The van der Waals surface area contributed by atoms with E-state index >= 15 is 0 Å². The molecule has 0 unspecified atom stereocenters. The molecule has 2 saturated heterocycles. The molecule has 0 aliphatic carbocycles. The fourth-order valence-electron chi connectivity index (χ4n) is 4.95. The predicted octanol–water partition coefficient (Wildman–Crippen LogP) is 5.52. The van der Waals surface area contributed by atoms with Gasteiger partial charge < -0.3 is 10.1 Å². The summed E-state index contributed by atoms with van der Waals surface area (Å²) in [6.07, 6.45) is 4.01. The average Bonchev–Trinajstić information content (AvgIpc) is 2.91. The summed E-state index contributed by atoms with van der Waals surface area (Å²) in [4.78, 5) is 0. The summed E-state index contributed by atoms with van der Waals surface area (Å²) in [6, 6.07) is 9.08. The SMILES string of the molecule is Cc1c(CNC2COC2)cc(-c2cc(C(C)(C)C)cc(C(C)(C)C)c2)n1S(=O)(=O)N1CCCCCC1. The number of benzene rings is 1. The van der Waals surface area contributed by atoms with Crippen molar-refractivity contribution in [2.24, 2.45) is 0 Å². The van der Waals surface area contributed by atoms with E-state index in [2.05, 4.69) is 71.1 Å². The molecule has 1 aromatic carbocycles. The van der Waals surface area contributed by atoms with Crippen molar-refractivity contribution in [2.45, 2.75) is 97.6 Å². The van der Waals surface area contributed by atoms with Crippen LogP contribution in [-0.2, 0) is 32.3 Å². The number of hydrogen-bond acceptors (Lipinski definition) is 4. The quantitative estimate of drug-likeness (QED) is 0.551. The minimum Gasteiger partial charge on any atom is -0.378 e. The van der Waals surface area contributed by atoms with Gasteiger partial charge in [0.1, 0.15) is 0 Å². The van der Waals surface area contributed by atoms with Crippen LogP contribution in [0.5, 0.6) is 0 Å². The van der Waals surface area contributed by atoms with Crippen LogP contribution in [0.3, 0.4) is 0 Å². The largest absolute Gasteiger partial charge is 0.378 e. The topological polar surface area (TPSA) is 63.6 Å². The molecule has 0 bridgehead atoms. The normalized spacial score (nSPS) is 18.8. The van der Waals surface area contributed by atoms with Crippen molar-refractivity contribution >= 4 is 10.2 Å². The molecular weight excluding hydrogens is 470 g/mol. The van der Waals surface area contributed by atoms with Crippen molar-refractivity contribution in [3.63, 3.8) is 0 Å². The van der Waals surface area contributed by atoms with Gasteiger partial charge in [-0.15, -0.1) is 0 Å². The summed E-state index contributed by atoms with van der Waals surface area (Å²) in [6.45, 7) is 18.5. The van der Waals surface area contributed by atoms with Crippen molar-refractivity contribution in [3.8, 4) is 11.3 Å². The monoisotopic (exact) mass is 515 g/mol. The Morgan fingerprint density at radius 1 is 0.889 bits per heavy atom. The van der Waals surface area contributed by atoms with E-state index in [0.29, 0.717) is 38.9 Å². The van der Waals surface area contributed by atoms with E-state index in [9.17, 15) is 8.42 Å². The first-order valence-electron chi connectivity index (χ1n) is 13.5. The lowest BCUT2D eigenvalue weighted by Gasteiger charge is -2.27. The molecule has 0 atom stereocenters. The first kappa shape index (κ1) is 27.4. The summed E-state index contributed by atoms with van der Waals surface area (Å²) >= 11 is 0. The Labute approximate surface area is 218 Å². The summed E-state index contributed by atoms with van der Waals surface area (Å²) in [5.74, 6) is 0. The van der Waals surface area contributed by atoms with Gasteiger partial charge in [-0.05, 0) is 71.0 Å². The molecule has 200 valence electrons. The standard InChI is InChI=1S/C29H45N3O3S/c1-21-23(18-30-26-19-35-20-26)16-27(32(21)36(33,34)31-12-10-8-9-11-13-31)22-14-24(28(2,3)4)17-25(15-22)29(5,6)7/h14-17,26,30H,8-13,18-20H2,1-7H3. The highest BCUT2D eigenvalue weighted by Crippen LogP contribution is 2.36.